The van der Waals surface area contributed by atoms with Crippen LogP contribution in [0.2, 0.25) is 0 Å². The summed E-state index contributed by atoms with van der Waals surface area (Å²) in [6, 6.07) is 7.78. The maximum atomic E-state index is 12.0. The summed E-state index contributed by atoms with van der Waals surface area (Å²) >= 11 is 0. The fraction of sp³-hybridized carbons (Fsp3) is 0.500. The Kier molecular flexibility index (Phi) is 5.30. The Bertz CT molecular complexity index is 456. The number of aldehydes is 1. The number of carbonyl (C=O) groups is 2. The Balaban J connectivity index is 1.89. The SMILES string of the molecule is CCc1ccc(NC(=O)CN2CCCCC2C=O)cc1. The van der Waals surface area contributed by atoms with Crippen molar-refractivity contribution in [3.8, 4) is 0 Å². The van der Waals surface area contributed by atoms with Crippen LogP contribution >= 0.6 is 0 Å². The number of hydrogen-bond donors (Lipinski definition) is 1. The fourth-order valence-electron chi connectivity index (χ4n) is 2.58. The van der Waals surface area contributed by atoms with Gasteiger partial charge in [0.1, 0.15) is 6.29 Å². The summed E-state index contributed by atoms with van der Waals surface area (Å²) in [5, 5.41) is 2.89. The van der Waals surface area contributed by atoms with E-state index in [1.165, 1.54) is 5.56 Å². The first-order valence-corrected chi connectivity index (χ1v) is 7.31. The van der Waals surface area contributed by atoms with E-state index >= 15 is 0 Å². The van der Waals surface area contributed by atoms with Gasteiger partial charge >= 0.3 is 0 Å². The zero-order valence-electron chi connectivity index (χ0n) is 12.0. The number of nitrogens with one attached hydrogen (secondary N) is 1. The molecule has 0 aromatic heterocycles. The molecule has 1 aliphatic rings. The van der Waals surface area contributed by atoms with Gasteiger partial charge in [-0.2, -0.15) is 0 Å². The minimum absolute atomic E-state index is 0.0528. The lowest BCUT2D eigenvalue weighted by atomic mass is 10.0. The third-order valence-corrected chi connectivity index (χ3v) is 3.81. The van der Waals surface area contributed by atoms with Crippen LogP contribution < -0.4 is 5.32 Å². The first-order valence-electron chi connectivity index (χ1n) is 7.31. The molecule has 1 fully saturated rings. The Labute approximate surface area is 120 Å². The van der Waals surface area contributed by atoms with Crippen molar-refractivity contribution in [3.05, 3.63) is 29.8 Å². The van der Waals surface area contributed by atoms with Crippen LogP contribution in [0.3, 0.4) is 0 Å². The number of carbonyl (C=O) groups excluding carboxylic acids is 2. The van der Waals surface area contributed by atoms with Crippen molar-refractivity contribution in [1.29, 1.82) is 0 Å². The van der Waals surface area contributed by atoms with E-state index in [2.05, 4.69) is 12.2 Å². The standard InChI is InChI=1S/C16H22N2O2/c1-2-13-6-8-14(9-7-13)17-16(20)11-18-10-4-3-5-15(18)12-19/h6-9,12,15H,2-5,10-11H2,1H3,(H,17,20). The molecule has 2 rings (SSSR count). The van der Waals surface area contributed by atoms with E-state index < -0.39 is 0 Å². The number of piperidine rings is 1. The van der Waals surface area contributed by atoms with Gasteiger partial charge in [0.25, 0.3) is 0 Å². The van der Waals surface area contributed by atoms with Crippen molar-refractivity contribution >= 4 is 17.9 Å². The van der Waals surface area contributed by atoms with Gasteiger partial charge in [-0.25, -0.2) is 0 Å². The quantitative estimate of drug-likeness (QED) is 0.838. The number of likely N-dealkylation sites (tertiary alicyclic amines) is 1. The average molecular weight is 274 g/mol. The molecule has 1 aromatic rings. The van der Waals surface area contributed by atoms with E-state index in [0.717, 1.165) is 44.2 Å². The lowest BCUT2D eigenvalue weighted by Gasteiger charge is -2.31. The number of aryl methyl sites for hydroxylation is 1. The Morgan fingerprint density at radius 3 is 2.75 bits per heavy atom. The van der Waals surface area contributed by atoms with Crippen LogP contribution in [-0.4, -0.2) is 36.2 Å². The van der Waals surface area contributed by atoms with Crippen LogP contribution in [0.15, 0.2) is 24.3 Å². The summed E-state index contributed by atoms with van der Waals surface area (Å²) in [7, 11) is 0. The zero-order chi connectivity index (χ0) is 14.4. The minimum atomic E-state index is -0.100. The summed E-state index contributed by atoms with van der Waals surface area (Å²) in [6.07, 6.45) is 4.94. The molecule has 0 spiro atoms. The molecule has 1 atom stereocenters. The molecule has 4 heteroatoms. The van der Waals surface area contributed by atoms with Gasteiger partial charge in [0.05, 0.1) is 12.6 Å². The van der Waals surface area contributed by atoms with Crippen molar-refractivity contribution in [2.45, 2.75) is 38.6 Å². The molecule has 1 saturated heterocycles. The molecule has 0 radical (unpaired) electrons. The Morgan fingerprint density at radius 1 is 1.35 bits per heavy atom. The maximum absolute atomic E-state index is 12.0. The van der Waals surface area contributed by atoms with E-state index in [1.54, 1.807) is 0 Å². The summed E-state index contributed by atoms with van der Waals surface area (Å²) in [4.78, 5) is 25.0. The molecule has 4 nitrogen and oxygen atoms in total. The predicted octanol–water partition coefficient (Wildman–Crippen LogP) is 2.24. The van der Waals surface area contributed by atoms with Gasteiger partial charge in [0, 0.05) is 5.69 Å². The maximum Gasteiger partial charge on any atom is 0.238 e. The van der Waals surface area contributed by atoms with Gasteiger partial charge in [-0.1, -0.05) is 25.5 Å². The summed E-state index contributed by atoms with van der Waals surface area (Å²) in [5.41, 5.74) is 2.06. The van der Waals surface area contributed by atoms with Crippen molar-refractivity contribution < 1.29 is 9.59 Å². The zero-order valence-corrected chi connectivity index (χ0v) is 12.0. The molecule has 0 bridgehead atoms. The van der Waals surface area contributed by atoms with Crippen LogP contribution in [-0.2, 0) is 16.0 Å². The fourth-order valence-corrected chi connectivity index (χ4v) is 2.58. The van der Waals surface area contributed by atoms with Crippen LogP contribution in [0.1, 0.15) is 31.7 Å². The molecular formula is C16H22N2O2. The van der Waals surface area contributed by atoms with Crippen LogP contribution in [0.5, 0.6) is 0 Å². The normalized spacial score (nSPS) is 19.6. The molecule has 1 heterocycles. The topological polar surface area (TPSA) is 49.4 Å². The first-order chi connectivity index (χ1) is 9.72. The highest BCUT2D eigenvalue weighted by Crippen LogP contribution is 2.15. The summed E-state index contributed by atoms with van der Waals surface area (Å²) in [6.45, 7) is 3.22. The monoisotopic (exact) mass is 274 g/mol. The van der Waals surface area contributed by atoms with Gasteiger partial charge in [-0.15, -0.1) is 0 Å². The van der Waals surface area contributed by atoms with Crippen LogP contribution in [0, 0.1) is 0 Å². The average Bonchev–Trinajstić information content (AvgIpc) is 2.48. The molecule has 0 aliphatic carbocycles. The number of hydrogen-bond acceptors (Lipinski definition) is 3. The molecule has 1 N–H and O–H groups in total. The second-order valence-electron chi connectivity index (χ2n) is 5.27. The highest BCUT2D eigenvalue weighted by molar-refractivity contribution is 5.92. The van der Waals surface area contributed by atoms with Gasteiger partial charge in [0.15, 0.2) is 0 Å². The third-order valence-electron chi connectivity index (χ3n) is 3.81. The van der Waals surface area contributed by atoms with Crippen molar-refractivity contribution in [3.63, 3.8) is 0 Å². The predicted molar refractivity (Wildman–Crippen MR) is 79.7 cm³/mol. The van der Waals surface area contributed by atoms with E-state index in [1.807, 2.05) is 29.2 Å². The highest BCUT2D eigenvalue weighted by atomic mass is 16.2. The van der Waals surface area contributed by atoms with Crippen molar-refractivity contribution in [2.24, 2.45) is 0 Å². The van der Waals surface area contributed by atoms with Gasteiger partial charge in [-0.05, 0) is 43.5 Å². The molecule has 1 amide bonds. The van der Waals surface area contributed by atoms with Crippen molar-refractivity contribution in [1.82, 2.24) is 4.90 Å². The van der Waals surface area contributed by atoms with E-state index in [-0.39, 0.29) is 11.9 Å². The van der Waals surface area contributed by atoms with Gasteiger partial charge < -0.3 is 10.1 Å². The van der Waals surface area contributed by atoms with E-state index in [9.17, 15) is 9.59 Å². The number of rotatable bonds is 5. The number of nitrogens with zero attached hydrogens (tertiary/aromatic N) is 1. The molecule has 1 aliphatic heterocycles. The number of benzene rings is 1. The largest absolute Gasteiger partial charge is 0.325 e. The lowest BCUT2D eigenvalue weighted by molar-refractivity contribution is -0.120. The van der Waals surface area contributed by atoms with E-state index in [0.29, 0.717) is 6.54 Å². The summed E-state index contributed by atoms with van der Waals surface area (Å²) < 4.78 is 0. The molecular weight excluding hydrogens is 252 g/mol. The number of amides is 1. The molecule has 1 unspecified atom stereocenters. The second kappa shape index (κ2) is 7.20. The summed E-state index contributed by atoms with van der Waals surface area (Å²) in [5.74, 6) is -0.0528. The van der Waals surface area contributed by atoms with Crippen molar-refractivity contribution in [2.75, 3.05) is 18.4 Å². The molecule has 0 saturated carbocycles. The first kappa shape index (κ1) is 14.7. The van der Waals surface area contributed by atoms with Crippen LogP contribution in [0.4, 0.5) is 5.69 Å². The van der Waals surface area contributed by atoms with Gasteiger partial charge in [0.2, 0.25) is 5.91 Å². The number of anilines is 1. The molecule has 1 aromatic carbocycles. The smallest absolute Gasteiger partial charge is 0.238 e. The lowest BCUT2D eigenvalue weighted by Crippen LogP contribution is -2.44. The third kappa shape index (κ3) is 3.90. The second-order valence-corrected chi connectivity index (χ2v) is 5.27. The Morgan fingerprint density at radius 2 is 2.10 bits per heavy atom. The highest BCUT2D eigenvalue weighted by Gasteiger charge is 2.23. The molecule has 20 heavy (non-hydrogen) atoms. The Hall–Kier alpha value is -1.68. The van der Waals surface area contributed by atoms with E-state index in [4.69, 9.17) is 0 Å². The van der Waals surface area contributed by atoms with Crippen LogP contribution in [0.25, 0.3) is 0 Å². The van der Waals surface area contributed by atoms with Gasteiger partial charge in [-0.3, -0.25) is 9.69 Å². The molecule has 108 valence electrons. The minimum Gasteiger partial charge on any atom is -0.325 e.